The van der Waals surface area contributed by atoms with Gasteiger partial charge in [-0.25, -0.2) is 0 Å². The number of piperazine rings is 1. The van der Waals surface area contributed by atoms with E-state index >= 15 is 0 Å². The molecule has 3 heterocycles. The van der Waals surface area contributed by atoms with Crippen molar-refractivity contribution in [3.05, 3.63) is 46.3 Å². The SMILES string of the molecule is Cc1noc(C)c1CC(=O)N1Cc2cc(CN3CCN(C)CC3)ccc2OC[C@@H]1C. The smallest absolute Gasteiger partial charge is 0.227 e. The molecule has 0 bridgehead atoms. The minimum Gasteiger partial charge on any atom is -0.491 e. The molecule has 0 aliphatic carbocycles. The molecule has 1 saturated heterocycles. The molecule has 2 aromatic rings. The van der Waals surface area contributed by atoms with E-state index in [9.17, 15) is 4.79 Å². The summed E-state index contributed by atoms with van der Waals surface area (Å²) >= 11 is 0. The Bertz CT molecular complexity index is 882. The molecule has 0 unspecified atom stereocenters. The Morgan fingerprint density at radius 3 is 2.67 bits per heavy atom. The fourth-order valence-corrected chi connectivity index (χ4v) is 4.24. The molecule has 7 nitrogen and oxygen atoms in total. The highest BCUT2D eigenvalue weighted by molar-refractivity contribution is 5.79. The normalized spacial score (nSPS) is 20.5. The molecule has 1 aromatic heterocycles. The second-order valence-corrected chi connectivity index (χ2v) is 8.68. The quantitative estimate of drug-likeness (QED) is 0.769. The number of aryl methyl sites for hydroxylation is 2. The van der Waals surface area contributed by atoms with E-state index in [0.29, 0.717) is 19.6 Å². The van der Waals surface area contributed by atoms with Crippen LogP contribution in [0.15, 0.2) is 22.7 Å². The van der Waals surface area contributed by atoms with E-state index in [4.69, 9.17) is 9.26 Å². The van der Waals surface area contributed by atoms with Gasteiger partial charge in [-0.1, -0.05) is 11.2 Å². The largest absolute Gasteiger partial charge is 0.491 e. The highest BCUT2D eigenvalue weighted by Gasteiger charge is 2.27. The van der Waals surface area contributed by atoms with Crippen molar-refractivity contribution in [2.75, 3.05) is 39.8 Å². The molecule has 7 heteroatoms. The van der Waals surface area contributed by atoms with Crippen LogP contribution < -0.4 is 4.74 Å². The number of hydrogen-bond donors (Lipinski definition) is 0. The van der Waals surface area contributed by atoms with Gasteiger partial charge in [0.15, 0.2) is 0 Å². The highest BCUT2D eigenvalue weighted by atomic mass is 16.5. The number of hydrogen-bond acceptors (Lipinski definition) is 6. The predicted molar refractivity (Wildman–Crippen MR) is 114 cm³/mol. The van der Waals surface area contributed by atoms with Crippen molar-refractivity contribution < 1.29 is 14.1 Å². The number of likely N-dealkylation sites (N-methyl/N-ethyl adjacent to an activating group) is 1. The highest BCUT2D eigenvalue weighted by Crippen LogP contribution is 2.28. The van der Waals surface area contributed by atoms with Gasteiger partial charge in [-0.3, -0.25) is 9.69 Å². The molecule has 0 radical (unpaired) electrons. The van der Waals surface area contributed by atoms with Crippen molar-refractivity contribution in [2.45, 2.75) is 46.3 Å². The minimum absolute atomic E-state index is 0.00598. The fourth-order valence-electron chi connectivity index (χ4n) is 4.24. The van der Waals surface area contributed by atoms with Crippen molar-refractivity contribution in [3.63, 3.8) is 0 Å². The van der Waals surface area contributed by atoms with Gasteiger partial charge in [0, 0.05) is 50.4 Å². The third-order valence-electron chi connectivity index (χ3n) is 6.31. The van der Waals surface area contributed by atoms with Crippen LogP contribution in [0.2, 0.25) is 0 Å². The van der Waals surface area contributed by atoms with E-state index in [1.54, 1.807) is 0 Å². The van der Waals surface area contributed by atoms with Gasteiger partial charge in [-0.05, 0) is 45.5 Å². The summed E-state index contributed by atoms with van der Waals surface area (Å²) in [5.41, 5.74) is 4.03. The Morgan fingerprint density at radius 1 is 1.20 bits per heavy atom. The van der Waals surface area contributed by atoms with Crippen LogP contribution >= 0.6 is 0 Å². The first kappa shape index (κ1) is 20.9. The summed E-state index contributed by atoms with van der Waals surface area (Å²) in [5, 5.41) is 3.98. The zero-order valence-electron chi connectivity index (χ0n) is 18.5. The van der Waals surface area contributed by atoms with Crippen LogP contribution in [0, 0.1) is 13.8 Å². The van der Waals surface area contributed by atoms with E-state index in [1.165, 1.54) is 5.56 Å². The number of amides is 1. The van der Waals surface area contributed by atoms with E-state index in [-0.39, 0.29) is 11.9 Å². The zero-order chi connectivity index (χ0) is 21.3. The Kier molecular flexibility index (Phi) is 6.11. The lowest BCUT2D eigenvalue weighted by atomic mass is 10.1. The van der Waals surface area contributed by atoms with Gasteiger partial charge < -0.3 is 19.1 Å². The monoisotopic (exact) mass is 412 g/mol. The Labute approximate surface area is 178 Å². The third-order valence-corrected chi connectivity index (χ3v) is 6.31. The van der Waals surface area contributed by atoms with Crippen LogP contribution in [0.4, 0.5) is 0 Å². The van der Waals surface area contributed by atoms with Crippen molar-refractivity contribution >= 4 is 5.91 Å². The van der Waals surface area contributed by atoms with Gasteiger partial charge in [-0.2, -0.15) is 0 Å². The van der Waals surface area contributed by atoms with E-state index in [1.807, 2.05) is 25.7 Å². The average molecular weight is 413 g/mol. The summed E-state index contributed by atoms with van der Waals surface area (Å²) in [5.74, 6) is 1.68. The number of fused-ring (bicyclic) bond motifs is 1. The van der Waals surface area contributed by atoms with Gasteiger partial charge in [-0.15, -0.1) is 0 Å². The van der Waals surface area contributed by atoms with Gasteiger partial charge in [0.2, 0.25) is 5.91 Å². The van der Waals surface area contributed by atoms with Crippen LogP contribution in [0.25, 0.3) is 0 Å². The van der Waals surface area contributed by atoms with Crippen molar-refractivity contribution in [2.24, 2.45) is 0 Å². The third kappa shape index (κ3) is 4.52. The van der Waals surface area contributed by atoms with Crippen molar-refractivity contribution in [3.8, 4) is 5.75 Å². The lowest BCUT2D eigenvalue weighted by Gasteiger charge is -2.32. The van der Waals surface area contributed by atoms with Crippen LogP contribution in [-0.4, -0.2) is 71.6 Å². The maximum absolute atomic E-state index is 13.2. The zero-order valence-corrected chi connectivity index (χ0v) is 18.5. The summed E-state index contributed by atoms with van der Waals surface area (Å²) in [7, 11) is 2.17. The Balaban J connectivity index is 1.49. The van der Waals surface area contributed by atoms with Crippen molar-refractivity contribution in [1.82, 2.24) is 19.9 Å². The summed E-state index contributed by atoms with van der Waals surface area (Å²) in [6.45, 7) is 12.2. The maximum Gasteiger partial charge on any atom is 0.227 e. The lowest BCUT2D eigenvalue weighted by Crippen LogP contribution is -2.43. The second kappa shape index (κ2) is 8.78. The topological polar surface area (TPSA) is 62.1 Å². The van der Waals surface area contributed by atoms with Crippen LogP contribution in [-0.2, 0) is 24.3 Å². The molecule has 1 atom stereocenters. The molecule has 30 heavy (non-hydrogen) atoms. The van der Waals surface area contributed by atoms with Crippen LogP contribution in [0.3, 0.4) is 0 Å². The molecule has 162 valence electrons. The molecule has 0 spiro atoms. The molecule has 2 aliphatic rings. The van der Waals surface area contributed by atoms with E-state index in [2.05, 4.69) is 40.2 Å². The molecule has 1 amide bonds. The molecule has 0 saturated carbocycles. The number of rotatable bonds is 4. The van der Waals surface area contributed by atoms with Gasteiger partial charge in [0.05, 0.1) is 18.2 Å². The number of carbonyl (C=O) groups excluding carboxylic acids is 1. The first-order valence-electron chi connectivity index (χ1n) is 10.8. The van der Waals surface area contributed by atoms with Crippen LogP contribution in [0.5, 0.6) is 5.75 Å². The van der Waals surface area contributed by atoms with E-state index in [0.717, 1.165) is 61.1 Å². The molecule has 0 N–H and O–H groups in total. The number of benzene rings is 1. The summed E-state index contributed by atoms with van der Waals surface area (Å²) < 4.78 is 11.3. The van der Waals surface area contributed by atoms with Crippen LogP contribution in [0.1, 0.15) is 35.1 Å². The molecule has 4 rings (SSSR count). The number of aromatic nitrogens is 1. The Morgan fingerprint density at radius 2 is 1.97 bits per heavy atom. The number of carbonyl (C=O) groups is 1. The predicted octanol–water partition coefficient (Wildman–Crippen LogP) is 2.39. The van der Waals surface area contributed by atoms with Gasteiger partial charge in [0.25, 0.3) is 0 Å². The maximum atomic E-state index is 13.2. The fraction of sp³-hybridized carbons (Fsp3) is 0.565. The Hall–Kier alpha value is -2.38. The molecule has 1 fully saturated rings. The minimum atomic E-state index is 0.00598. The summed E-state index contributed by atoms with van der Waals surface area (Å²) in [4.78, 5) is 19.9. The van der Waals surface area contributed by atoms with E-state index < -0.39 is 0 Å². The summed E-state index contributed by atoms with van der Waals surface area (Å²) in [6, 6.07) is 6.44. The number of ether oxygens (including phenoxy) is 1. The molecular formula is C23H32N4O3. The standard InChI is InChI=1S/C23H32N4O3/c1-16-15-29-22-6-5-19(13-26-9-7-25(4)8-10-26)11-20(22)14-27(16)23(28)12-21-17(2)24-30-18(21)3/h5-6,11,16H,7-10,12-15H2,1-4H3/t16-/m0/s1. The molecule has 1 aromatic carbocycles. The van der Waals surface area contributed by atoms with Gasteiger partial charge in [0.1, 0.15) is 18.1 Å². The lowest BCUT2D eigenvalue weighted by molar-refractivity contribution is -0.133. The molecule has 2 aliphatic heterocycles. The average Bonchev–Trinajstić information content (AvgIpc) is 2.94. The summed E-state index contributed by atoms with van der Waals surface area (Å²) in [6.07, 6.45) is 0.307. The molecular weight excluding hydrogens is 380 g/mol. The van der Waals surface area contributed by atoms with Gasteiger partial charge >= 0.3 is 0 Å². The second-order valence-electron chi connectivity index (χ2n) is 8.68. The van der Waals surface area contributed by atoms with Crippen molar-refractivity contribution in [1.29, 1.82) is 0 Å². The number of nitrogens with zero attached hydrogens (tertiary/aromatic N) is 4. The first-order chi connectivity index (χ1) is 14.4. The first-order valence-corrected chi connectivity index (χ1v) is 10.8.